The SMILES string of the molecule is FC(F)C(F)(F)CNC1CCN2CCCCC12. The molecule has 2 heterocycles. The van der Waals surface area contributed by atoms with Crippen molar-refractivity contribution < 1.29 is 17.6 Å². The molecular formula is C11H18F4N2. The minimum absolute atomic E-state index is 0.0556. The van der Waals surface area contributed by atoms with E-state index >= 15 is 0 Å². The highest BCUT2D eigenvalue weighted by molar-refractivity contribution is 4.94. The number of alkyl halides is 4. The molecule has 2 fully saturated rings. The quantitative estimate of drug-likeness (QED) is 0.773. The van der Waals surface area contributed by atoms with Crippen molar-refractivity contribution in [2.45, 2.75) is 50.1 Å². The van der Waals surface area contributed by atoms with Gasteiger partial charge in [-0.25, -0.2) is 8.78 Å². The average molecular weight is 254 g/mol. The zero-order valence-electron chi connectivity index (χ0n) is 9.64. The molecule has 1 N–H and O–H groups in total. The Bertz CT molecular complexity index is 260. The number of hydrogen-bond donors (Lipinski definition) is 1. The van der Waals surface area contributed by atoms with Gasteiger partial charge in [0.25, 0.3) is 0 Å². The van der Waals surface area contributed by atoms with Crippen molar-refractivity contribution in [1.29, 1.82) is 0 Å². The van der Waals surface area contributed by atoms with Gasteiger partial charge in [0.05, 0.1) is 6.54 Å². The summed E-state index contributed by atoms with van der Waals surface area (Å²) in [5.41, 5.74) is 0. The fourth-order valence-electron chi connectivity index (χ4n) is 2.83. The Balaban J connectivity index is 1.83. The van der Waals surface area contributed by atoms with E-state index < -0.39 is 18.9 Å². The van der Waals surface area contributed by atoms with Gasteiger partial charge in [0.15, 0.2) is 0 Å². The Hall–Kier alpha value is -0.360. The van der Waals surface area contributed by atoms with Crippen molar-refractivity contribution in [2.75, 3.05) is 19.6 Å². The normalized spacial score (nSPS) is 30.9. The fourth-order valence-corrected chi connectivity index (χ4v) is 2.83. The molecule has 2 saturated heterocycles. The Labute approximate surface area is 98.3 Å². The third-order valence-corrected chi connectivity index (χ3v) is 3.78. The van der Waals surface area contributed by atoms with E-state index in [4.69, 9.17) is 0 Å². The maximum atomic E-state index is 12.8. The summed E-state index contributed by atoms with van der Waals surface area (Å²) in [5, 5.41) is 2.63. The van der Waals surface area contributed by atoms with E-state index in [0.29, 0.717) is 0 Å². The summed E-state index contributed by atoms with van der Waals surface area (Å²) in [4.78, 5) is 2.28. The van der Waals surface area contributed by atoms with Crippen LogP contribution in [0.15, 0.2) is 0 Å². The molecule has 2 rings (SSSR count). The topological polar surface area (TPSA) is 15.3 Å². The van der Waals surface area contributed by atoms with Gasteiger partial charge in [-0.05, 0) is 25.8 Å². The Morgan fingerprint density at radius 2 is 1.94 bits per heavy atom. The van der Waals surface area contributed by atoms with Gasteiger partial charge in [-0.15, -0.1) is 0 Å². The molecule has 17 heavy (non-hydrogen) atoms. The lowest BCUT2D eigenvalue weighted by molar-refractivity contribution is -0.126. The second kappa shape index (κ2) is 5.10. The number of nitrogens with one attached hydrogen (secondary N) is 1. The third kappa shape index (κ3) is 2.91. The van der Waals surface area contributed by atoms with E-state index in [1.165, 1.54) is 0 Å². The summed E-state index contributed by atoms with van der Waals surface area (Å²) in [6.07, 6.45) is 0.432. The predicted octanol–water partition coefficient (Wildman–Crippen LogP) is 2.10. The molecule has 2 atom stereocenters. The maximum Gasteiger partial charge on any atom is 0.319 e. The highest BCUT2D eigenvalue weighted by atomic mass is 19.3. The van der Waals surface area contributed by atoms with Gasteiger partial charge in [0, 0.05) is 18.6 Å². The first-order valence-corrected chi connectivity index (χ1v) is 6.14. The summed E-state index contributed by atoms with van der Waals surface area (Å²) in [6.45, 7) is 0.982. The lowest BCUT2D eigenvalue weighted by Gasteiger charge is -2.33. The fraction of sp³-hybridized carbons (Fsp3) is 1.00. The Morgan fingerprint density at radius 3 is 2.65 bits per heavy atom. The van der Waals surface area contributed by atoms with Crippen LogP contribution in [0.4, 0.5) is 17.6 Å². The van der Waals surface area contributed by atoms with E-state index in [-0.39, 0.29) is 12.1 Å². The van der Waals surface area contributed by atoms with Gasteiger partial charge < -0.3 is 5.32 Å². The number of halogens is 4. The van der Waals surface area contributed by atoms with Crippen LogP contribution in [0.5, 0.6) is 0 Å². The monoisotopic (exact) mass is 254 g/mol. The molecule has 0 bridgehead atoms. The number of hydrogen-bond acceptors (Lipinski definition) is 2. The van der Waals surface area contributed by atoms with Crippen LogP contribution < -0.4 is 5.32 Å². The van der Waals surface area contributed by atoms with Crippen molar-refractivity contribution in [3.8, 4) is 0 Å². The molecule has 0 spiro atoms. The lowest BCUT2D eigenvalue weighted by atomic mass is 9.99. The van der Waals surface area contributed by atoms with Crippen molar-refractivity contribution in [2.24, 2.45) is 0 Å². The molecule has 0 aromatic heterocycles. The van der Waals surface area contributed by atoms with Gasteiger partial charge >= 0.3 is 12.3 Å². The van der Waals surface area contributed by atoms with Crippen molar-refractivity contribution in [3.05, 3.63) is 0 Å². The second-order valence-corrected chi connectivity index (χ2v) is 4.94. The molecule has 0 amide bonds. The van der Waals surface area contributed by atoms with Crippen LogP contribution in [0.2, 0.25) is 0 Å². The molecule has 0 saturated carbocycles. The molecule has 2 nitrogen and oxygen atoms in total. The predicted molar refractivity (Wildman–Crippen MR) is 56.6 cm³/mol. The minimum Gasteiger partial charge on any atom is -0.307 e. The van der Waals surface area contributed by atoms with Crippen molar-refractivity contribution in [1.82, 2.24) is 10.2 Å². The van der Waals surface area contributed by atoms with Crippen molar-refractivity contribution in [3.63, 3.8) is 0 Å². The van der Waals surface area contributed by atoms with E-state index in [2.05, 4.69) is 10.2 Å². The maximum absolute atomic E-state index is 12.8. The smallest absolute Gasteiger partial charge is 0.307 e. The molecule has 0 aliphatic carbocycles. The van der Waals surface area contributed by atoms with Gasteiger partial charge in [-0.2, -0.15) is 8.78 Å². The minimum atomic E-state index is -3.91. The summed E-state index contributed by atoms with van der Waals surface area (Å²) in [5.74, 6) is -3.91. The molecule has 0 aromatic carbocycles. The van der Waals surface area contributed by atoms with Crippen molar-refractivity contribution >= 4 is 0 Å². The first-order valence-electron chi connectivity index (χ1n) is 6.14. The summed E-state index contributed by atoms with van der Waals surface area (Å²) in [6, 6.07) is 0.206. The summed E-state index contributed by atoms with van der Waals surface area (Å²) in [7, 11) is 0. The molecule has 0 radical (unpaired) electrons. The van der Waals surface area contributed by atoms with Crippen LogP contribution in [0.25, 0.3) is 0 Å². The first-order chi connectivity index (χ1) is 8.00. The Kier molecular flexibility index (Phi) is 3.92. The first kappa shape index (κ1) is 13.1. The Morgan fingerprint density at radius 1 is 1.18 bits per heavy atom. The van der Waals surface area contributed by atoms with Gasteiger partial charge in [-0.3, -0.25) is 4.90 Å². The van der Waals surface area contributed by atoms with Crippen LogP contribution in [0.1, 0.15) is 25.7 Å². The molecular weight excluding hydrogens is 236 g/mol. The zero-order valence-corrected chi connectivity index (χ0v) is 9.64. The zero-order chi connectivity index (χ0) is 12.5. The molecule has 0 aromatic rings. The van der Waals surface area contributed by atoms with Crippen LogP contribution in [-0.2, 0) is 0 Å². The van der Waals surface area contributed by atoms with Crippen LogP contribution in [-0.4, -0.2) is 49.0 Å². The highest BCUT2D eigenvalue weighted by Gasteiger charge is 2.43. The average Bonchev–Trinajstić information content (AvgIpc) is 2.69. The van der Waals surface area contributed by atoms with E-state index in [1.807, 2.05) is 0 Å². The standard InChI is InChI=1S/C11H18F4N2/c12-10(13)11(14,15)7-16-8-4-6-17-5-2-1-3-9(8)17/h8-10,16H,1-7H2. The molecule has 100 valence electrons. The molecule has 2 aliphatic heterocycles. The van der Waals surface area contributed by atoms with E-state index in [9.17, 15) is 17.6 Å². The molecule has 2 aliphatic rings. The second-order valence-electron chi connectivity index (χ2n) is 4.94. The van der Waals surface area contributed by atoms with Crippen LogP contribution in [0.3, 0.4) is 0 Å². The van der Waals surface area contributed by atoms with Crippen LogP contribution in [0, 0.1) is 0 Å². The highest BCUT2D eigenvalue weighted by Crippen LogP contribution is 2.28. The molecule has 2 unspecified atom stereocenters. The van der Waals surface area contributed by atoms with Crippen LogP contribution >= 0.6 is 0 Å². The largest absolute Gasteiger partial charge is 0.319 e. The third-order valence-electron chi connectivity index (χ3n) is 3.78. The summed E-state index contributed by atoms with van der Waals surface area (Å²) < 4.78 is 49.6. The number of fused-ring (bicyclic) bond motifs is 1. The van der Waals surface area contributed by atoms with Gasteiger partial charge in [0.1, 0.15) is 0 Å². The van der Waals surface area contributed by atoms with Gasteiger partial charge in [-0.1, -0.05) is 6.42 Å². The number of rotatable bonds is 4. The number of nitrogens with zero attached hydrogens (tertiary/aromatic N) is 1. The molecule has 6 heteroatoms. The number of piperidine rings is 1. The van der Waals surface area contributed by atoms with Gasteiger partial charge in [0.2, 0.25) is 0 Å². The van der Waals surface area contributed by atoms with E-state index in [1.54, 1.807) is 0 Å². The lowest BCUT2D eigenvalue weighted by Crippen LogP contribution is -2.49. The summed E-state index contributed by atoms with van der Waals surface area (Å²) >= 11 is 0. The van der Waals surface area contributed by atoms with E-state index in [0.717, 1.165) is 38.8 Å².